The minimum Gasteiger partial charge on any atom is -0.311 e. The number of nitrogens with one attached hydrogen (secondary N) is 1. The van der Waals surface area contributed by atoms with Crippen molar-refractivity contribution in [1.29, 1.82) is 0 Å². The molecule has 3 unspecified atom stereocenters. The Balaban J connectivity index is 2.59. The zero-order valence-corrected chi connectivity index (χ0v) is 13.4. The van der Waals surface area contributed by atoms with Gasteiger partial charge in [-0.3, -0.25) is 4.90 Å². The summed E-state index contributed by atoms with van der Waals surface area (Å²) < 4.78 is 0. The second-order valence-corrected chi connectivity index (χ2v) is 6.84. The average molecular weight is 254 g/mol. The van der Waals surface area contributed by atoms with Crippen LogP contribution >= 0.6 is 0 Å². The first-order valence-electron chi connectivity index (χ1n) is 7.94. The number of nitrogens with zero attached hydrogens (tertiary/aromatic N) is 1. The van der Waals surface area contributed by atoms with Crippen LogP contribution in [0.2, 0.25) is 0 Å². The predicted octanol–water partition coefficient (Wildman–Crippen LogP) is 3.52. The summed E-state index contributed by atoms with van der Waals surface area (Å²) in [7, 11) is 0. The van der Waals surface area contributed by atoms with Gasteiger partial charge in [-0.2, -0.15) is 0 Å². The van der Waals surface area contributed by atoms with Gasteiger partial charge in [-0.1, -0.05) is 34.6 Å². The molecule has 2 nitrogen and oxygen atoms in total. The van der Waals surface area contributed by atoms with E-state index in [4.69, 9.17) is 0 Å². The standard InChI is InChI=1S/C16H34N2/c1-7-15-11-18(14(6)9-8-12(2)3)16(10-17-15)13(4)5/h12-17H,7-11H2,1-6H3. The first-order chi connectivity index (χ1) is 8.45. The maximum Gasteiger partial charge on any atom is 0.0247 e. The van der Waals surface area contributed by atoms with Gasteiger partial charge in [0, 0.05) is 31.2 Å². The molecule has 1 heterocycles. The summed E-state index contributed by atoms with van der Waals surface area (Å²) in [4.78, 5) is 2.78. The summed E-state index contributed by atoms with van der Waals surface area (Å²) in [5.41, 5.74) is 0. The third-order valence-corrected chi connectivity index (χ3v) is 4.46. The molecule has 0 amide bonds. The molecule has 0 aromatic rings. The van der Waals surface area contributed by atoms with Gasteiger partial charge in [0.05, 0.1) is 0 Å². The van der Waals surface area contributed by atoms with E-state index < -0.39 is 0 Å². The molecule has 0 radical (unpaired) electrons. The van der Waals surface area contributed by atoms with Gasteiger partial charge in [0.2, 0.25) is 0 Å². The van der Waals surface area contributed by atoms with Crippen molar-refractivity contribution in [3.63, 3.8) is 0 Å². The lowest BCUT2D eigenvalue weighted by atomic mass is 9.94. The van der Waals surface area contributed by atoms with E-state index in [0.29, 0.717) is 6.04 Å². The quantitative estimate of drug-likeness (QED) is 0.780. The Labute approximate surface area is 115 Å². The van der Waals surface area contributed by atoms with E-state index in [1.165, 1.54) is 32.4 Å². The van der Waals surface area contributed by atoms with Crippen LogP contribution in [0.25, 0.3) is 0 Å². The normalized spacial score (nSPS) is 28.0. The molecule has 2 heteroatoms. The molecule has 0 aromatic heterocycles. The number of hydrogen-bond acceptors (Lipinski definition) is 2. The third-order valence-electron chi connectivity index (χ3n) is 4.46. The minimum atomic E-state index is 0.696. The topological polar surface area (TPSA) is 15.3 Å². The highest BCUT2D eigenvalue weighted by atomic mass is 15.3. The Kier molecular flexibility index (Phi) is 6.65. The Morgan fingerprint density at radius 1 is 1.11 bits per heavy atom. The van der Waals surface area contributed by atoms with Crippen LogP contribution in [0, 0.1) is 11.8 Å². The molecule has 1 fully saturated rings. The van der Waals surface area contributed by atoms with Crippen LogP contribution in [0.1, 0.15) is 60.8 Å². The first-order valence-corrected chi connectivity index (χ1v) is 7.94. The van der Waals surface area contributed by atoms with Crippen molar-refractivity contribution < 1.29 is 0 Å². The third kappa shape index (κ3) is 4.55. The van der Waals surface area contributed by atoms with Crippen LogP contribution in [-0.2, 0) is 0 Å². The number of hydrogen-bond donors (Lipinski definition) is 1. The lowest BCUT2D eigenvalue weighted by Crippen LogP contribution is -2.60. The predicted molar refractivity (Wildman–Crippen MR) is 80.9 cm³/mol. The van der Waals surface area contributed by atoms with Gasteiger partial charge in [-0.05, 0) is 38.0 Å². The molecule has 1 N–H and O–H groups in total. The van der Waals surface area contributed by atoms with Gasteiger partial charge in [-0.25, -0.2) is 0 Å². The van der Waals surface area contributed by atoms with E-state index in [1.54, 1.807) is 0 Å². The molecular formula is C16H34N2. The molecule has 1 saturated heterocycles. The Morgan fingerprint density at radius 2 is 1.78 bits per heavy atom. The Hall–Kier alpha value is -0.0800. The van der Waals surface area contributed by atoms with Crippen molar-refractivity contribution >= 4 is 0 Å². The highest BCUT2D eigenvalue weighted by Gasteiger charge is 2.31. The summed E-state index contributed by atoms with van der Waals surface area (Å²) in [6, 6.07) is 2.15. The van der Waals surface area contributed by atoms with Crippen LogP contribution in [-0.4, -0.2) is 36.1 Å². The largest absolute Gasteiger partial charge is 0.311 e. The molecule has 0 aromatic carbocycles. The van der Waals surface area contributed by atoms with E-state index in [1.807, 2.05) is 0 Å². The number of rotatable bonds is 6. The zero-order chi connectivity index (χ0) is 13.7. The summed E-state index contributed by atoms with van der Waals surface area (Å²) >= 11 is 0. The molecule has 0 saturated carbocycles. The van der Waals surface area contributed by atoms with Gasteiger partial charge in [0.1, 0.15) is 0 Å². The monoisotopic (exact) mass is 254 g/mol. The maximum absolute atomic E-state index is 3.71. The molecule has 108 valence electrons. The van der Waals surface area contributed by atoms with E-state index >= 15 is 0 Å². The van der Waals surface area contributed by atoms with E-state index in [0.717, 1.165) is 23.9 Å². The molecule has 1 rings (SSSR count). The van der Waals surface area contributed by atoms with Crippen molar-refractivity contribution in [3.8, 4) is 0 Å². The molecule has 3 atom stereocenters. The summed E-state index contributed by atoms with van der Waals surface area (Å²) in [5.74, 6) is 1.58. The second kappa shape index (κ2) is 7.49. The van der Waals surface area contributed by atoms with Crippen LogP contribution in [0.15, 0.2) is 0 Å². The van der Waals surface area contributed by atoms with E-state index in [9.17, 15) is 0 Å². The average Bonchev–Trinajstić information content (AvgIpc) is 2.34. The highest BCUT2D eigenvalue weighted by molar-refractivity contribution is 4.89. The van der Waals surface area contributed by atoms with Crippen molar-refractivity contribution in [2.75, 3.05) is 13.1 Å². The fraction of sp³-hybridized carbons (Fsp3) is 1.00. The molecule has 0 spiro atoms. The van der Waals surface area contributed by atoms with Gasteiger partial charge < -0.3 is 5.32 Å². The van der Waals surface area contributed by atoms with Crippen molar-refractivity contribution in [2.24, 2.45) is 11.8 Å². The molecule has 1 aliphatic rings. The number of piperazine rings is 1. The summed E-state index contributed by atoms with van der Waals surface area (Å²) in [6.07, 6.45) is 3.95. The summed E-state index contributed by atoms with van der Waals surface area (Å²) in [6.45, 7) is 16.5. The summed E-state index contributed by atoms with van der Waals surface area (Å²) in [5, 5.41) is 3.71. The fourth-order valence-corrected chi connectivity index (χ4v) is 3.00. The van der Waals surface area contributed by atoms with Crippen LogP contribution in [0.3, 0.4) is 0 Å². The zero-order valence-electron chi connectivity index (χ0n) is 13.4. The SMILES string of the molecule is CCC1CN(C(C)CCC(C)C)C(C(C)C)CN1. The second-order valence-electron chi connectivity index (χ2n) is 6.84. The van der Waals surface area contributed by atoms with Gasteiger partial charge in [-0.15, -0.1) is 0 Å². The lowest BCUT2D eigenvalue weighted by Gasteiger charge is -2.45. The lowest BCUT2D eigenvalue weighted by molar-refractivity contribution is 0.0559. The fourth-order valence-electron chi connectivity index (χ4n) is 3.00. The Bertz CT molecular complexity index is 225. The maximum atomic E-state index is 3.71. The van der Waals surface area contributed by atoms with E-state index in [-0.39, 0.29) is 0 Å². The minimum absolute atomic E-state index is 0.696. The van der Waals surface area contributed by atoms with Crippen molar-refractivity contribution in [3.05, 3.63) is 0 Å². The van der Waals surface area contributed by atoms with Crippen LogP contribution in [0.4, 0.5) is 0 Å². The van der Waals surface area contributed by atoms with Crippen molar-refractivity contribution in [1.82, 2.24) is 10.2 Å². The molecule has 0 aliphatic carbocycles. The van der Waals surface area contributed by atoms with Gasteiger partial charge in [0.25, 0.3) is 0 Å². The Morgan fingerprint density at radius 3 is 2.28 bits per heavy atom. The molecular weight excluding hydrogens is 220 g/mol. The molecule has 0 bridgehead atoms. The van der Waals surface area contributed by atoms with Gasteiger partial charge >= 0.3 is 0 Å². The van der Waals surface area contributed by atoms with Crippen LogP contribution < -0.4 is 5.32 Å². The van der Waals surface area contributed by atoms with Crippen molar-refractivity contribution in [2.45, 2.75) is 78.9 Å². The highest BCUT2D eigenvalue weighted by Crippen LogP contribution is 2.22. The van der Waals surface area contributed by atoms with Crippen LogP contribution in [0.5, 0.6) is 0 Å². The molecule has 18 heavy (non-hydrogen) atoms. The van der Waals surface area contributed by atoms with Gasteiger partial charge in [0.15, 0.2) is 0 Å². The molecule has 1 aliphatic heterocycles. The van der Waals surface area contributed by atoms with E-state index in [2.05, 4.69) is 51.8 Å². The first kappa shape index (κ1) is 16.0. The smallest absolute Gasteiger partial charge is 0.0247 e.